The molecule has 0 atom stereocenters. The van der Waals surface area contributed by atoms with E-state index in [0.717, 1.165) is 24.2 Å². The fourth-order valence-corrected chi connectivity index (χ4v) is 2.65. The lowest BCUT2D eigenvalue weighted by atomic mass is 10.2. The lowest BCUT2D eigenvalue weighted by molar-refractivity contribution is -0.117. The molecular formula is C19H20ClN3O3. The smallest absolute Gasteiger partial charge is 0.243 e. The number of ether oxygens (including phenoxy) is 1. The van der Waals surface area contributed by atoms with Crippen LogP contribution in [0.5, 0.6) is 5.75 Å². The highest BCUT2D eigenvalue weighted by molar-refractivity contribution is 6.32. The van der Waals surface area contributed by atoms with Gasteiger partial charge in [-0.15, -0.1) is 0 Å². The van der Waals surface area contributed by atoms with Crippen LogP contribution < -0.4 is 20.7 Å². The summed E-state index contributed by atoms with van der Waals surface area (Å²) in [5.74, 6) is 0.597. The number of benzene rings is 2. The third-order valence-corrected chi connectivity index (χ3v) is 4.28. The quantitative estimate of drug-likeness (QED) is 0.690. The average molecular weight is 374 g/mol. The van der Waals surface area contributed by atoms with E-state index in [4.69, 9.17) is 16.3 Å². The van der Waals surface area contributed by atoms with Crippen LogP contribution in [0.1, 0.15) is 12.8 Å². The molecule has 2 aromatic rings. The van der Waals surface area contributed by atoms with Crippen LogP contribution in [-0.2, 0) is 9.59 Å². The van der Waals surface area contributed by atoms with Gasteiger partial charge in [-0.1, -0.05) is 11.6 Å². The Labute approximate surface area is 156 Å². The van der Waals surface area contributed by atoms with Gasteiger partial charge in [0.2, 0.25) is 11.8 Å². The standard InChI is InChI=1S/C19H20ClN3O3/c1-26-17-9-8-15(10-16(17)20)22-18(24)11-21-13-4-6-14(7-5-13)23-19(25)12-2-3-12/h4-10,12,21H,2-3,11H2,1H3,(H,22,24)(H,23,25). The molecule has 0 spiro atoms. The highest BCUT2D eigenvalue weighted by Crippen LogP contribution is 2.30. The van der Waals surface area contributed by atoms with Crippen LogP contribution in [0.3, 0.4) is 0 Å². The highest BCUT2D eigenvalue weighted by Gasteiger charge is 2.29. The van der Waals surface area contributed by atoms with E-state index in [-0.39, 0.29) is 24.3 Å². The van der Waals surface area contributed by atoms with Gasteiger partial charge in [0.25, 0.3) is 0 Å². The highest BCUT2D eigenvalue weighted by atomic mass is 35.5. The summed E-state index contributed by atoms with van der Waals surface area (Å²) in [4.78, 5) is 23.8. The molecule has 26 heavy (non-hydrogen) atoms. The minimum atomic E-state index is -0.197. The van der Waals surface area contributed by atoms with Crippen LogP contribution >= 0.6 is 11.6 Å². The van der Waals surface area contributed by atoms with Gasteiger partial charge in [-0.3, -0.25) is 9.59 Å². The Morgan fingerprint density at radius 3 is 2.31 bits per heavy atom. The van der Waals surface area contributed by atoms with Gasteiger partial charge in [-0.25, -0.2) is 0 Å². The number of hydrogen-bond acceptors (Lipinski definition) is 4. The number of rotatable bonds is 7. The van der Waals surface area contributed by atoms with Gasteiger partial charge in [-0.05, 0) is 55.3 Å². The zero-order valence-corrected chi connectivity index (χ0v) is 15.1. The van der Waals surface area contributed by atoms with Gasteiger partial charge in [0, 0.05) is 23.0 Å². The van der Waals surface area contributed by atoms with Gasteiger partial charge in [0.1, 0.15) is 5.75 Å². The molecule has 0 unspecified atom stereocenters. The lowest BCUT2D eigenvalue weighted by Crippen LogP contribution is -2.21. The number of methoxy groups -OCH3 is 1. The van der Waals surface area contributed by atoms with Crippen molar-refractivity contribution in [3.8, 4) is 5.75 Å². The maximum Gasteiger partial charge on any atom is 0.243 e. The summed E-state index contributed by atoms with van der Waals surface area (Å²) in [5, 5.41) is 9.10. The molecule has 3 rings (SSSR count). The Balaban J connectivity index is 1.47. The Morgan fingerprint density at radius 1 is 1.04 bits per heavy atom. The first kappa shape index (κ1) is 18.1. The van der Waals surface area contributed by atoms with E-state index >= 15 is 0 Å². The van der Waals surface area contributed by atoms with Gasteiger partial charge >= 0.3 is 0 Å². The molecule has 3 N–H and O–H groups in total. The number of amides is 2. The van der Waals surface area contributed by atoms with Crippen molar-refractivity contribution in [2.24, 2.45) is 5.92 Å². The van der Waals surface area contributed by atoms with Gasteiger partial charge in [-0.2, -0.15) is 0 Å². The molecule has 0 heterocycles. The van der Waals surface area contributed by atoms with Crippen LogP contribution in [0.25, 0.3) is 0 Å². The molecule has 0 aromatic heterocycles. The number of anilines is 3. The largest absolute Gasteiger partial charge is 0.495 e. The fourth-order valence-electron chi connectivity index (χ4n) is 2.39. The molecule has 0 saturated heterocycles. The van der Waals surface area contributed by atoms with Crippen molar-refractivity contribution in [1.29, 1.82) is 0 Å². The summed E-state index contributed by atoms with van der Waals surface area (Å²) in [5.41, 5.74) is 2.14. The van der Waals surface area contributed by atoms with Crippen LogP contribution in [0, 0.1) is 5.92 Å². The fraction of sp³-hybridized carbons (Fsp3) is 0.263. The molecular weight excluding hydrogens is 354 g/mol. The van der Waals surface area contributed by atoms with Crippen molar-refractivity contribution >= 4 is 40.5 Å². The van der Waals surface area contributed by atoms with E-state index in [1.165, 1.54) is 7.11 Å². The predicted octanol–water partition coefficient (Wildman–Crippen LogP) is 3.75. The van der Waals surface area contributed by atoms with E-state index in [0.29, 0.717) is 16.5 Å². The molecule has 2 amide bonds. The summed E-state index contributed by atoms with van der Waals surface area (Å²) in [7, 11) is 1.53. The molecule has 0 bridgehead atoms. The van der Waals surface area contributed by atoms with Gasteiger partial charge < -0.3 is 20.7 Å². The number of carbonyl (C=O) groups excluding carboxylic acids is 2. The lowest BCUT2D eigenvalue weighted by Gasteiger charge is -2.10. The topological polar surface area (TPSA) is 79.5 Å². The van der Waals surface area contributed by atoms with E-state index < -0.39 is 0 Å². The Kier molecular flexibility index (Phi) is 5.63. The summed E-state index contributed by atoms with van der Waals surface area (Å²) in [6.45, 7) is 0.109. The SMILES string of the molecule is COc1ccc(NC(=O)CNc2ccc(NC(=O)C3CC3)cc2)cc1Cl. The maximum atomic E-state index is 12.0. The zero-order valence-electron chi connectivity index (χ0n) is 14.3. The second-order valence-electron chi connectivity index (χ2n) is 6.09. The van der Waals surface area contributed by atoms with E-state index in [1.54, 1.807) is 18.2 Å². The van der Waals surface area contributed by atoms with Crippen molar-refractivity contribution in [2.75, 3.05) is 29.6 Å². The number of nitrogens with one attached hydrogen (secondary N) is 3. The maximum absolute atomic E-state index is 12.0. The van der Waals surface area contributed by atoms with Gasteiger partial charge in [0.15, 0.2) is 0 Å². The predicted molar refractivity (Wildman–Crippen MR) is 103 cm³/mol. The van der Waals surface area contributed by atoms with Crippen molar-refractivity contribution in [3.63, 3.8) is 0 Å². The number of halogens is 1. The molecule has 1 saturated carbocycles. The molecule has 2 aromatic carbocycles. The summed E-state index contributed by atoms with van der Waals surface area (Å²) >= 11 is 6.04. The summed E-state index contributed by atoms with van der Waals surface area (Å²) < 4.78 is 5.08. The third kappa shape index (κ3) is 4.89. The van der Waals surface area contributed by atoms with Crippen molar-refractivity contribution in [1.82, 2.24) is 0 Å². The van der Waals surface area contributed by atoms with Crippen molar-refractivity contribution in [3.05, 3.63) is 47.5 Å². The molecule has 7 heteroatoms. The molecule has 0 radical (unpaired) electrons. The molecule has 0 aliphatic heterocycles. The van der Waals surface area contributed by atoms with Crippen LogP contribution in [0.15, 0.2) is 42.5 Å². The monoisotopic (exact) mass is 373 g/mol. The van der Waals surface area contributed by atoms with Gasteiger partial charge in [0.05, 0.1) is 18.7 Å². The first-order valence-corrected chi connectivity index (χ1v) is 8.71. The molecule has 1 aliphatic carbocycles. The minimum absolute atomic E-state index is 0.0724. The first-order chi connectivity index (χ1) is 12.5. The van der Waals surface area contributed by atoms with Crippen LogP contribution in [0.2, 0.25) is 5.02 Å². The van der Waals surface area contributed by atoms with Crippen LogP contribution in [0.4, 0.5) is 17.1 Å². The molecule has 1 aliphatic rings. The van der Waals surface area contributed by atoms with E-state index in [1.807, 2.05) is 24.3 Å². The van der Waals surface area contributed by atoms with Crippen LogP contribution in [-0.4, -0.2) is 25.5 Å². The molecule has 1 fully saturated rings. The van der Waals surface area contributed by atoms with Crippen molar-refractivity contribution < 1.29 is 14.3 Å². The average Bonchev–Trinajstić information content (AvgIpc) is 3.46. The second-order valence-corrected chi connectivity index (χ2v) is 6.50. The summed E-state index contributed by atoms with van der Waals surface area (Å²) in [6, 6.07) is 12.3. The zero-order chi connectivity index (χ0) is 18.5. The first-order valence-electron chi connectivity index (χ1n) is 8.33. The minimum Gasteiger partial charge on any atom is -0.495 e. The van der Waals surface area contributed by atoms with E-state index in [9.17, 15) is 9.59 Å². The van der Waals surface area contributed by atoms with E-state index in [2.05, 4.69) is 16.0 Å². The third-order valence-electron chi connectivity index (χ3n) is 3.99. The Hall–Kier alpha value is -2.73. The second kappa shape index (κ2) is 8.10. The summed E-state index contributed by atoms with van der Waals surface area (Å²) in [6.07, 6.45) is 1.94. The number of carbonyl (C=O) groups is 2. The normalized spacial score (nSPS) is 13.0. The Morgan fingerprint density at radius 2 is 1.69 bits per heavy atom. The Bertz CT molecular complexity index is 804. The number of hydrogen-bond donors (Lipinski definition) is 3. The van der Waals surface area contributed by atoms with Crippen molar-refractivity contribution in [2.45, 2.75) is 12.8 Å². The molecule has 136 valence electrons. The molecule has 6 nitrogen and oxygen atoms in total.